The van der Waals surface area contributed by atoms with Crippen LogP contribution in [0.2, 0.25) is 0 Å². The fourth-order valence-corrected chi connectivity index (χ4v) is 8.31. The van der Waals surface area contributed by atoms with Crippen molar-refractivity contribution in [3.05, 3.63) is 83.2 Å². The average molecular weight is 842 g/mol. The summed E-state index contributed by atoms with van der Waals surface area (Å²) in [4.78, 5) is 43.3. The number of nitrogens with one attached hydrogen (secondary N) is 4. The van der Waals surface area contributed by atoms with Gasteiger partial charge in [-0.2, -0.15) is 0 Å². The van der Waals surface area contributed by atoms with Gasteiger partial charge < -0.3 is 20.1 Å². The van der Waals surface area contributed by atoms with Crippen LogP contribution < -0.4 is 30.7 Å². The standard InChI is InChI=1S/2C21H25FN4O2.2ClH/c2*1-3-28-14-5-6-16(22)15(12-14)18-11-13(2)24-19(25-18)17-7-9-21(26-17)8-4-10-23-20(21)27;;/h2*5-6,11-12,17,26H,3-4,7-10H2,1-2H3,(H,23,27);2*1H/t17-,21+;17-,21-;;/m10../s1. The lowest BCUT2D eigenvalue weighted by atomic mass is 9.88. The van der Waals surface area contributed by atoms with Crippen LogP contribution in [0.5, 0.6) is 11.5 Å². The van der Waals surface area contributed by atoms with E-state index >= 15 is 0 Å². The van der Waals surface area contributed by atoms with E-state index in [0.717, 1.165) is 75.8 Å². The van der Waals surface area contributed by atoms with Crippen molar-refractivity contribution < 1.29 is 27.8 Å². The topological polar surface area (TPSA) is 152 Å². The molecule has 16 heteroatoms. The number of aromatic nitrogens is 4. The van der Waals surface area contributed by atoms with Crippen molar-refractivity contribution in [3.63, 3.8) is 0 Å². The molecule has 12 nitrogen and oxygen atoms in total. The van der Waals surface area contributed by atoms with E-state index in [0.29, 0.717) is 58.9 Å². The fourth-order valence-electron chi connectivity index (χ4n) is 8.31. The highest BCUT2D eigenvalue weighted by atomic mass is 35.5. The Morgan fingerprint density at radius 1 is 0.638 bits per heavy atom. The second kappa shape index (κ2) is 19.0. The zero-order valence-corrected chi connectivity index (χ0v) is 34.9. The van der Waals surface area contributed by atoms with Gasteiger partial charge >= 0.3 is 0 Å². The molecule has 2 aromatic carbocycles. The smallest absolute Gasteiger partial charge is 0.240 e. The van der Waals surface area contributed by atoms with Crippen molar-refractivity contribution in [2.24, 2.45) is 0 Å². The number of nitrogens with zero attached hydrogens (tertiary/aromatic N) is 4. The van der Waals surface area contributed by atoms with Crippen LogP contribution in [0.3, 0.4) is 0 Å². The van der Waals surface area contributed by atoms with Crippen LogP contribution >= 0.6 is 24.8 Å². The number of ether oxygens (including phenoxy) is 2. The first-order chi connectivity index (χ1) is 27.0. The van der Waals surface area contributed by atoms with Crippen molar-refractivity contribution in [1.29, 1.82) is 0 Å². The molecule has 0 aliphatic carbocycles. The van der Waals surface area contributed by atoms with Gasteiger partial charge in [-0.3, -0.25) is 20.2 Å². The zero-order chi connectivity index (χ0) is 39.5. The summed E-state index contributed by atoms with van der Waals surface area (Å²) in [5, 5.41) is 12.8. The number of amides is 2. The van der Waals surface area contributed by atoms with Crippen molar-refractivity contribution >= 4 is 36.6 Å². The van der Waals surface area contributed by atoms with Gasteiger partial charge in [0.2, 0.25) is 11.8 Å². The lowest BCUT2D eigenvalue weighted by Gasteiger charge is -2.33. The highest BCUT2D eigenvalue weighted by Gasteiger charge is 2.48. The lowest BCUT2D eigenvalue weighted by molar-refractivity contribution is -0.129. The third-order valence-electron chi connectivity index (χ3n) is 11.0. The van der Waals surface area contributed by atoms with Gasteiger partial charge in [0, 0.05) is 35.6 Å². The molecular weight excluding hydrogens is 789 g/mol. The van der Waals surface area contributed by atoms with Gasteiger partial charge in [-0.15, -0.1) is 24.8 Å². The van der Waals surface area contributed by atoms with Crippen molar-refractivity contribution in [1.82, 2.24) is 41.2 Å². The van der Waals surface area contributed by atoms with E-state index in [1.165, 1.54) is 12.1 Å². The Kier molecular flexibility index (Phi) is 14.6. The molecule has 0 saturated carbocycles. The number of hydrogen-bond donors (Lipinski definition) is 4. The van der Waals surface area contributed by atoms with E-state index in [4.69, 9.17) is 9.47 Å². The molecule has 0 radical (unpaired) electrons. The van der Waals surface area contributed by atoms with Crippen molar-refractivity contribution in [2.75, 3.05) is 26.3 Å². The van der Waals surface area contributed by atoms with E-state index in [1.807, 2.05) is 27.7 Å². The van der Waals surface area contributed by atoms with Gasteiger partial charge in [0.15, 0.2) is 0 Å². The second-order valence-corrected chi connectivity index (χ2v) is 15.0. The first kappa shape index (κ1) is 44.6. The molecule has 2 spiro atoms. The number of carbonyl (C=O) groups is 2. The second-order valence-electron chi connectivity index (χ2n) is 15.0. The molecule has 4 aliphatic rings. The number of halogens is 4. The predicted octanol–water partition coefficient (Wildman–Crippen LogP) is 6.97. The Balaban J connectivity index is 0.000000214. The summed E-state index contributed by atoms with van der Waals surface area (Å²) in [6, 6.07) is 12.7. The third kappa shape index (κ3) is 9.51. The van der Waals surface area contributed by atoms with Gasteiger partial charge in [0.05, 0.1) is 47.8 Å². The SMILES string of the molecule is CCOc1ccc(F)c(-c2cc(C)nc([C@@H]3CC[C@]4(CCCNC4=O)N3)n2)c1.CCOc1ccc(F)c(-c2cc(C)nc([C@H]3CC[C@]4(CCCNC4=O)N3)n2)c1.Cl.Cl. The normalized spacial score (nSPS) is 23.6. The number of benzene rings is 2. The lowest BCUT2D eigenvalue weighted by Crippen LogP contribution is -2.57. The van der Waals surface area contributed by atoms with Crippen LogP contribution in [0, 0.1) is 25.5 Å². The summed E-state index contributed by atoms with van der Waals surface area (Å²) < 4.78 is 40.0. The number of rotatable bonds is 8. The zero-order valence-electron chi connectivity index (χ0n) is 33.3. The molecule has 4 atom stereocenters. The molecule has 4 fully saturated rings. The molecule has 6 heterocycles. The summed E-state index contributed by atoms with van der Waals surface area (Å²) in [5.74, 6) is 1.83. The molecule has 312 valence electrons. The summed E-state index contributed by atoms with van der Waals surface area (Å²) >= 11 is 0. The van der Waals surface area contributed by atoms with E-state index in [9.17, 15) is 18.4 Å². The van der Waals surface area contributed by atoms with Crippen molar-refractivity contribution in [2.45, 2.75) is 102 Å². The van der Waals surface area contributed by atoms with Gasteiger partial charge in [-0.05, 0) is 128 Å². The number of piperidine rings is 2. The molecule has 8 rings (SSSR count). The summed E-state index contributed by atoms with van der Waals surface area (Å²) in [6.07, 6.45) is 6.61. The first-order valence-corrected chi connectivity index (χ1v) is 19.7. The fraction of sp³-hybridized carbons (Fsp3) is 0.476. The monoisotopic (exact) mass is 840 g/mol. The van der Waals surface area contributed by atoms with Crippen LogP contribution in [0.1, 0.15) is 100 Å². The van der Waals surface area contributed by atoms with Gasteiger partial charge in [0.1, 0.15) is 34.8 Å². The molecule has 0 bridgehead atoms. The summed E-state index contributed by atoms with van der Waals surface area (Å²) in [5.41, 5.74) is 2.29. The predicted molar refractivity (Wildman–Crippen MR) is 221 cm³/mol. The quantitative estimate of drug-likeness (QED) is 0.146. The number of aryl methyl sites for hydroxylation is 2. The van der Waals surface area contributed by atoms with E-state index < -0.39 is 11.1 Å². The highest BCUT2D eigenvalue weighted by Crippen LogP contribution is 2.39. The maximum absolute atomic E-state index is 14.5. The van der Waals surface area contributed by atoms with Crippen LogP contribution in [0.15, 0.2) is 48.5 Å². The minimum Gasteiger partial charge on any atom is -0.494 e. The number of hydrogen-bond acceptors (Lipinski definition) is 10. The van der Waals surface area contributed by atoms with Crippen LogP contribution in [0.4, 0.5) is 8.78 Å². The van der Waals surface area contributed by atoms with Gasteiger partial charge in [-0.1, -0.05) is 0 Å². The minimum absolute atomic E-state index is 0. The molecule has 4 aliphatic heterocycles. The Morgan fingerprint density at radius 2 is 1.05 bits per heavy atom. The molecule has 4 N–H and O–H groups in total. The molecule has 2 aromatic heterocycles. The van der Waals surface area contributed by atoms with Crippen molar-refractivity contribution in [3.8, 4) is 34.0 Å². The Morgan fingerprint density at radius 3 is 1.43 bits per heavy atom. The Labute approximate surface area is 350 Å². The molecule has 58 heavy (non-hydrogen) atoms. The van der Waals surface area contributed by atoms with Gasteiger partial charge in [0.25, 0.3) is 0 Å². The minimum atomic E-state index is -0.531. The summed E-state index contributed by atoms with van der Waals surface area (Å²) in [6.45, 7) is 10.00. The molecule has 0 unspecified atom stereocenters. The molecule has 4 aromatic rings. The summed E-state index contributed by atoms with van der Waals surface area (Å²) in [7, 11) is 0. The largest absolute Gasteiger partial charge is 0.494 e. The molecule has 2 amide bonds. The highest BCUT2D eigenvalue weighted by molar-refractivity contribution is 5.88. The van der Waals surface area contributed by atoms with Crippen LogP contribution in [-0.2, 0) is 9.59 Å². The molecular formula is C42H52Cl2F2N8O4. The Hall–Kier alpha value is -4.50. The Bertz CT molecular complexity index is 1970. The maximum Gasteiger partial charge on any atom is 0.240 e. The number of carbonyl (C=O) groups excluding carboxylic acids is 2. The van der Waals surface area contributed by atoms with Crippen LogP contribution in [0.25, 0.3) is 22.5 Å². The van der Waals surface area contributed by atoms with E-state index in [2.05, 4.69) is 41.2 Å². The van der Waals surface area contributed by atoms with E-state index in [1.54, 1.807) is 36.4 Å². The van der Waals surface area contributed by atoms with E-state index in [-0.39, 0.29) is 60.3 Å². The average Bonchev–Trinajstić information content (AvgIpc) is 3.82. The third-order valence-corrected chi connectivity index (χ3v) is 11.0. The molecule has 4 saturated heterocycles. The first-order valence-electron chi connectivity index (χ1n) is 19.7. The van der Waals surface area contributed by atoms with Crippen LogP contribution in [-0.4, -0.2) is 69.1 Å². The van der Waals surface area contributed by atoms with Gasteiger partial charge in [-0.25, -0.2) is 28.7 Å². The maximum atomic E-state index is 14.5.